The first-order chi connectivity index (χ1) is 16.0. The Morgan fingerprint density at radius 1 is 0.939 bits per heavy atom. The van der Waals surface area contributed by atoms with Gasteiger partial charge in [-0.05, 0) is 53.9 Å². The van der Waals surface area contributed by atoms with Crippen molar-refractivity contribution in [2.75, 3.05) is 7.11 Å². The van der Waals surface area contributed by atoms with Crippen molar-refractivity contribution in [3.05, 3.63) is 101 Å². The molecule has 0 atom stereocenters. The van der Waals surface area contributed by atoms with E-state index in [1.807, 2.05) is 54.6 Å². The highest BCUT2D eigenvalue weighted by atomic mass is 19.1. The molecule has 0 saturated carbocycles. The van der Waals surface area contributed by atoms with Gasteiger partial charge in [-0.25, -0.2) is 4.39 Å². The van der Waals surface area contributed by atoms with Gasteiger partial charge in [0.2, 0.25) is 5.91 Å². The van der Waals surface area contributed by atoms with Crippen molar-refractivity contribution in [3.8, 4) is 16.9 Å². The first-order valence-electron chi connectivity index (χ1n) is 10.7. The van der Waals surface area contributed by atoms with Crippen LogP contribution < -0.4 is 10.5 Å². The summed E-state index contributed by atoms with van der Waals surface area (Å²) in [5.41, 5.74) is 11.2. The lowest BCUT2D eigenvalue weighted by molar-refractivity contribution is 0.100. The molecule has 33 heavy (non-hydrogen) atoms. The monoisotopic (exact) mass is 438 g/mol. The van der Waals surface area contributed by atoms with Crippen molar-refractivity contribution in [2.45, 2.75) is 13.5 Å². The molecule has 2 N–H and O–H groups in total. The van der Waals surface area contributed by atoms with E-state index in [1.165, 1.54) is 0 Å². The van der Waals surface area contributed by atoms with Crippen LogP contribution >= 0.6 is 0 Å². The number of aromatic nitrogens is 1. The van der Waals surface area contributed by atoms with Crippen molar-refractivity contribution in [3.63, 3.8) is 0 Å². The van der Waals surface area contributed by atoms with Crippen molar-refractivity contribution >= 4 is 27.7 Å². The van der Waals surface area contributed by atoms with Gasteiger partial charge < -0.3 is 15.0 Å². The van der Waals surface area contributed by atoms with E-state index in [-0.39, 0.29) is 5.82 Å². The molecule has 0 saturated heterocycles. The molecule has 5 rings (SSSR count). The minimum Gasteiger partial charge on any atom is -0.497 e. The van der Waals surface area contributed by atoms with Gasteiger partial charge in [0, 0.05) is 21.9 Å². The fourth-order valence-corrected chi connectivity index (χ4v) is 4.48. The van der Waals surface area contributed by atoms with E-state index in [0.717, 1.165) is 38.7 Å². The Morgan fingerprint density at radius 3 is 2.39 bits per heavy atom. The van der Waals surface area contributed by atoms with Crippen LogP contribution in [0.5, 0.6) is 5.75 Å². The number of nitrogens with zero attached hydrogens (tertiary/aromatic N) is 1. The molecule has 0 aliphatic rings. The second-order valence-corrected chi connectivity index (χ2v) is 8.16. The molecule has 4 nitrogen and oxygen atoms in total. The number of rotatable bonds is 5. The number of ether oxygens (including phenoxy) is 1. The van der Waals surface area contributed by atoms with Crippen LogP contribution in [0, 0.1) is 12.7 Å². The molecule has 1 heterocycles. The number of primary amides is 1. The summed E-state index contributed by atoms with van der Waals surface area (Å²) in [7, 11) is 1.64. The molecule has 0 aliphatic heterocycles. The van der Waals surface area contributed by atoms with Gasteiger partial charge in [0.05, 0.1) is 24.7 Å². The number of benzene rings is 4. The Morgan fingerprint density at radius 2 is 1.67 bits per heavy atom. The normalized spacial score (nSPS) is 11.2. The highest BCUT2D eigenvalue weighted by molar-refractivity contribution is 6.18. The number of hydrogen-bond acceptors (Lipinski definition) is 2. The maximum Gasteiger partial charge on any atom is 0.249 e. The number of methoxy groups -OCH3 is 1. The van der Waals surface area contributed by atoms with E-state index >= 15 is 0 Å². The number of amides is 1. The number of hydrogen-bond donors (Lipinski definition) is 1. The zero-order chi connectivity index (χ0) is 23.1. The molecule has 0 bridgehead atoms. The van der Waals surface area contributed by atoms with Crippen LogP contribution in [-0.2, 0) is 6.54 Å². The van der Waals surface area contributed by atoms with E-state index in [9.17, 15) is 9.18 Å². The number of halogens is 1. The Balaban J connectivity index is 1.78. The lowest BCUT2D eigenvalue weighted by Gasteiger charge is -2.11. The van der Waals surface area contributed by atoms with E-state index < -0.39 is 5.91 Å². The maximum absolute atomic E-state index is 14.9. The summed E-state index contributed by atoms with van der Waals surface area (Å²) in [4.78, 5) is 12.2. The molecular formula is C28H23FN2O2. The quantitative estimate of drug-likeness (QED) is 0.362. The molecular weight excluding hydrogens is 415 g/mol. The van der Waals surface area contributed by atoms with Gasteiger partial charge in [-0.2, -0.15) is 0 Å². The average molecular weight is 439 g/mol. The van der Waals surface area contributed by atoms with E-state index in [0.29, 0.717) is 23.2 Å². The first-order valence-corrected chi connectivity index (χ1v) is 10.7. The van der Waals surface area contributed by atoms with Crippen LogP contribution in [-0.4, -0.2) is 17.6 Å². The third-order valence-electron chi connectivity index (χ3n) is 6.18. The zero-order valence-electron chi connectivity index (χ0n) is 18.4. The lowest BCUT2D eigenvalue weighted by atomic mass is 10.0. The van der Waals surface area contributed by atoms with E-state index in [2.05, 4.69) is 10.6 Å². The number of carbonyl (C=O) groups is 1. The number of aryl methyl sites for hydroxylation is 1. The molecule has 1 amide bonds. The number of carbonyl (C=O) groups excluding carboxylic acids is 1. The minimum atomic E-state index is -0.486. The second-order valence-electron chi connectivity index (χ2n) is 8.16. The van der Waals surface area contributed by atoms with E-state index in [4.69, 9.17) is 10.5 Å². The smallest absolute Gasteiger partial charge is 0.249 e. The Kier molecular flexibility index (Phi) is 5.09. The third kappa shape index (κ3) is 3.52. The Labute approximate surface area is 191 Å². The van der Waals surface area contributed by atoms with Gasteiger partial charge in [0.25, 0.3) is 0 Å². The molecule has 164 valence electrons. The summed E-state index contributed by atoms with van der Waals surface area (Å²) >= 11 is 0. The second kappa shape index (κ2) is 8.10. The van der Waals surface area contributed by atoms with Crippen molar-refractivity contribution in [1.82, 2.24) is 4.57 Å². The van der Waals surface area contributed by atoms with Crippen LogP contribution in [0.2, 0.25) is 0 Å². The highest BCUT2D eigenvalue weighted by Crippen LogP contribution is 2.35. The van der Waals surface area contributed by atoms with Crippen LogP contribution in [0.4, 0.5) is 4.39 Å². The van der Waals surface area contributed by atoms with Gasteiger partial charge in [-0.15, -0.1) is 0 Å². The SMILES string of the molecule is COc1ccc(-c2ccc3c4c(C(N)=O)cccc4n(Cc4cccc(C)c4F)c3c2)cc1. The molecule has 5 aromatic rings. The van der Waals surface area contributed by atoms with Crippen LogP contribution in [0.15, 0.2) is 78.9 Å². The average Bonchev–Trinajstić information content (AvgIpc) is 3.15. The predicted molar refractivity (Wildman–Crippen MR) is 130 cm³/mol. The summed E-state index contributed by atoms with van der Waals surface area (Å²) in [6.45, 7) is 2.10. The molecule has 0 aliphatic carbocycles. The first kappa shape index (κ1) is 20.8. The van der Waals surface area contributed by atoms with Crippen molar-refractivity contribution in [2.24, 2.45) is 5.73 Å². The molecule has 0 spiro atoms. The summed E-state index contributed by atoms with van der Waals surface area (Å²) in [5.74, 6) is 0.0837. The molecule has 5 heteroatoms. The van der Waals surface area contributed by atoms with Gasteiger partial charge >= 0.3 is 0 Å². The number of nitrogens with two attached hydrogens (primary N) is 1. The fourth-order valence-electron chi connectivity index (χ4n) is 4.48. The zero-order valence-corrected chi connectivity index (χ0v) is 18.4. The molecule has 0 radical (unpaired) electrons. The molecule has 0 fully saturated rings. The van der Waals surface area contributed by atoms with E-state index in [1.54, 1.807) is 32.2 Å². The predicted octanol–water partition coefficient (Wildman–Crippen LogP) is 6.06. The lowest BCUT2D eigenvalue weighted by Crippen LogP contribution is -2.11. The third-order valence-corrected chi connectivity index (χ3v) is 6.18. The topological polar surface area (TPSA) is 57.2 Å². The van der Waals surface area contributed by atoms with Crippen LogP contribution in [0.25, 0.3) is 32.9 Å². The van der Waals surface area contributed by atoms with Crippen LogP contribution in [0.3, 0.4) is 0 Å². The van der Waals surface area contributed by atoms with Crippen molar-refractivity contribution in [1.29, 1.82) is 0 Å². The van der Waals surface area contributed by atoms with Crippen LogP contribution in [0.1, 0.15) is 21.5 Å². The Hall–Kier alpha value is -4.12. The standard InChI is InChI=1S/C28H23FN2O2/c1-17-5-3-6-20(27(17)29)16-31-24-8-4-7-23(28(30)32)26(24)22-14-11-19(15-25(22)31)18-9-12-21(33-2)13-10-18/h3-15H,16H2,1-2H3,(H2,30,32). The number of fused-ring (bicyclic) bond motifs is 3. The summed E-state index contributed by atoms with van der Waals surface area (Å²) in [6, 6.07) is 24.9. The van der Waals surface area contributed by atoms with Gasteiger partial charge in [-0.3, -0.25) is 4.79 Å². The summed E-state index contributed by atoms with van der Waals surface area (Å²) in [5, 5.41) is 1.69. The summed E-state index contributed by atoms with van der Waals surface area (Å²) < 4.78 is 22.2. The van der Waals surface area contributed by atoms with Gasteiger partial charge in [0.15, 0.2) is 0 Å². The molecule has 4 aromatic carbocycles. The van der Waals surface area contributed by atoms with Crippen molar-refractivity contribution < 1.29 is 13.9 Å². The maximum atomic E-state index is 14.9. The minimum absolute atomic E-state index is 0.218. The van der Waals surface area contributed by atoms with Gasteiger partial charge in [-0.1, -0.05) is 48.5 Å². The summed E-state index contributed by atoms with van der Waals surface area (Å²) in [6.07, 6.45) is 0. The largest absolute Gasteiger partial charge is 0.497 e. The molecule has 1 aromatic heterocycles. The van der Waals surface area contributed by atoms with Gasteiger partial charge in [0.1, 0.15) is 11.6 Å². The highest BCUT2D eigenvalue weighted by Gasteiger charge is 2.18. The molecule has 0 unspecified atom stereocenters. The Bertz CT molecular complexity index is 1520. The fraction of sp³-hybridized carbons (Fsp3) is 0.107.